The molecular weight excluding hydrogens is 246 g/mol. The fourth-order valence-corrected chi connectivity index (χ4v) is 1.70. The molecule has 2 aromatic rings. The number of nitro groups is 1. The number of aryl methyl sites for hydroxylation is 1. The summed E-state index contributed by atoms with van der Waals surface area (Å²) >= 11 is 0. The summed E-state index contributed by atoms with van der Waals surface area (Å²) in [5, 5.41) is 13.3. The van der Waals surface area contributed by atoms with E-state index in [9.17, 15) is 14.9 Å². The topological polar surface area (TPSA) is 88.0 Å². The second-order valence-electron chi connectivity index (χ2n) is 4.23. The van der Waals surface area contributed by atoms with Gasteiger partial charge in [-0.3, -0.25) is 14.9 Å². The van der Waals surface area contributed by atoms with Crippen molar-refractivity contribution in [3.05, 3.63) is 57.4 Å². The van der Waals surface area contributed by atoms with Gasteiger partial charge < -0.3 is 10.3 Å². The SMILES string of the molecule is Cc1cccc(NC(=O)c2cc([N+](=O)[O-])c[nH]2)c1C. The number of aromatic amines is 1. The van der Waals surface area contributed by atoms with Gasteiger partial charge >= 0.3 is 0 Å². The Morgan fingerprint density at radius 1 is 1.37 bits per heavy atom. The van der Waals surface area contributed by atoms with Gasteiger partial charge in [0.15, 0.2) is 0 Å². The number of carbonyl (C=O) groups is 1. The Morgan fingerprint density at radius 3 is 2.74 bits per heavy atom. The minimum Gasteiger partial charge on any atom is -0.351 e. The molecule has 0 saturated heterocycles. The molecule has 1 amide bonds. The molecule has 6 heteroatoms. The summed E-state index contributed by atoms with van der Waals surface area (Å²) < 4.78 is 0. The summed E-state index contributed by atoms with van der Waals surface area (Å²) in [6.07, 6.45) is 1.19. The molecule has 0 fully saturated rings. The molecule has 2 N–H and O–H groups in total. The molecule has 0 saturated carbocycles. The van der Waals surface area contributed by atoms with Crippen LogP contribution in [-0.4, -0.2) is 15.8 Å². The lowest BCUT2D eigenvalue weighted by Gasteiger charge is -2.09. The molecule has 1 aromatic heterocycles. The zero-order chi connectivity index (χ0) is 14.0. The van der Waals surface area contributed by atoms with Crippen LogP contribution in [0.5, 0.6) is 0 Å². The number of anilines is 1. The lowest BCUT2D eigenvalue weighted by atomic mass is 10.1. The van der Waals surface area contributed by atoms with Crippen LogP contribution in [0.4, 0.5) is 11.4 Å². The Labute approximate surface area is 109 Å². The van der Waals surface area contributed by atoms with Crippen molar-refractivity contribution < 1.29 is 9.72 Å². The number of H-pyrrole nitrogens is 1. The maximum Gasteiger partial charge on any atom is 0.287 e. The fourth-order valence-electron chi connectivity index (χ4n) is 1.70. The molecule has 2 rings (SSSR count). The number of hydrogen-bond acceptors (Lipinski definition) is 3. The molecule has 0 unspecified atom stereocenters. The number of nitrogens with one attached hydrogen (secondary N) is 2. The quantitative estimate of drug-likeness (QED) is 0.656. The van der Waals surface area contributed by atoms with E-state index in [1.54, 1.807) is 6.07 Å². The summed E-state index contributed by atoms with van der Waals surface area (Å²) in [5.74, 6) is -0.401. The van der Waals surface area contributed by atoms with Crippen LogP contribution in [-0.2, 0) is 0 Å². The first-order valence-electron chi connectivity index (χ1n) is 5.69. The van der Waals surface area contributed by atoms with E-state index in [1.807, 2.05) is 26.0 Å². The van der Waals surface area contributed by atoms with Gasteiger partial charge in [0.05, 0.1) is 11.1 Å². The zero-order valence-electron chi connectivity index (χ0n) is 10.6. The number of carbonyl (C=O) groups excluding carboxylic acids is 1. The maximum absolute atomic E-state index is 11.9. The summed E-state index contributed by atoms with van der Waals surface area (Å²) in [4.78, 5) is 24.5. The highest BCUT2D eigenvalue weighted by Crippen LogP contribution is 2.19. The Kier molecular flexibility index (Phi) is 3.33. The van der Waals surface area contributed by atoms with E-state index in [0.717, 1.165) is 11.1 Å². The van der Waals surface area contributed by atoms with Crippen LogP contribution in [0.3, 0.4) is 0 Å². The second-order valence-corrected chi connectivity index (χ2v) is 4.23. The van der Waals surface area contributed by atoms with Crippen molar-refractivity contribution in [2.45, 2.75) is 13.8 Å². The predicted octanol–water partition coefficient (Wildman–Crippen LogP) is 2.79. The van der Waals surface area contributed by atoms with Gasteiger partial charge in [-0.1, -0.05) is 12.1 Å². The molecule has 0 radical (unpaired) electrons. The highest BCUT2D eigenvalue weighted by Gasteiger charge is 2.15. The third kappa shape index (κ3) is 2.62. The number of amides is 1. The van der Waals surface area contributed by atoms with E-state index >= 15 is 0 Å². The Hall–Kier alpha value is -2.63. The van der Waals surface area contributed by atoms with Gasteiger partial charge in [0, 0.05) is 11.8 Å². The second kappa shape index (κ2) is 4.93. The lowest BCUT2D eigenvalue weighted by molar-refractivity contribution is -0.384. The Morgan fingerprint density at radius 2 is 2.11 bits per heavy atom. The van der Waals surface area contributed by atoms with Gasteiger partial charge in [0.1, 0.15) is 5.69 Å². The summed E-state index contributed by atoms with van der Waals surface area (Å²) in [7, 11) is 0. The minimum absolute atomic E-state index is 0.133. The summed E-state index contributed by atoms with van der Waals surface area (Å²) in [6.45, 7) is 3.85. The largest absolute Gasteiger partial charge is 0.351 e. The summed E-state index contributed by atoms with van der Waals surface area (Å²) in [6, 6.07) is 6.79. The minimum atomic E-state index is -0.550. The lowest BCUT2D eigenvalue weighted by Crippen LogP contribution is -2.13. The molecule has 98 valence electrons. The van der Waals surface area contributed by atoms with Crippen molar-refractivity contribution in [2.24, 2.45) is 0 Å². The third-order valence-corrected chi connectivity index (χ3v) is 2.98. The third-order valence-electron chi connectivity index (χ3n) is 2.98. The van der Waals surface area contributed by atoms with Crippen LogP contribution >= 0.6 is 0 Å². The van der Waals surface area contributed by atoms with Crippen molar-refractivity contribution in [3.8, 4) is 0 Å². The molecule has 0 aliphatic rings. The molecule has 0 atom stereocenters. The van der Waals surface area contributed by atoms with Crippen LogP contribution < -0.4 is 5.32 Å². The molecule has 0 spiro atoms. The highest BCUT2D eigenvalue weighted by molar-refractivity contribution is 6.03. The van der Waals surface area contributed by atoms with Crippen LogP contribution in [0.25, 0.3) is 0 Å². The highest BCUT2D eigenvalue weighted by atomic mass is 16.6. The monoisotopic (exact) mass is 259 g/mol. The van der Waals surface area contributed by atoms with Crippen LogP contribution in [0, 0.1) is 24.0 Å². The predicted molar refractivity (Wildman–Crippen MR) is 71.3 cm³/mol. The first-order valence-corrected chi connectivity index (χ1v) is 5.69. The normalized spacial score (nSPS) is 10.2. The average molecular weight is 259 g/mol. The molecular formula is C13H13N3O3. The smallest absolute Gasteiger partial charge is 0.287 e. The Balaban J connectivity index is 2.21. The molecule has 6 nitrogen and oxygen atoms in total. The maximum atomic E-state index is 11.9. The van der Waals surface area contributed by atoms with Crippen molar-refractivity contribution in [2.75, 3.05) is 5.32 Å². The van der Waals surface area contributed by atoms with Crippen molar-refractivity contribution in [1.82, 2.24) is 4.98 Å². The van der Waals surface area contributed by atoms with E-state index in [2.05, 4.69) is 10.3 Å². The average Bonchev–Trinajstić information content (AvgIpc) is 2.84. The number of aromatic nitrogens is 1. The first kappa shape index (κ1) is 12.8. The van der Waals surface area contributed by atoms with Crippen molar-refractivity contribution in [1.29, 1.82) is 0 Å². The van der Waals surface area contributed by atoms with E-state index in [1.165, 1.54) is 12.3 Å². The van der Waals surface area contributed by atoms with Crippen LogP contribution in [0.15, 0.2) is 30.5 Å². The molecule has 0 aliphatic heterocycles. The summed E-state index contributed by atoms with van der Waals surface area (Å²) in [5.41, 5.74) is 2.76. The van der Waals surface area contributed by atoms with Gasteiger partial charge in [0.2, 0.25) is 0 Å². The molecule has 0 aliphatic carbocycles. The number of rotatable bonds is 3. The zero-order valence-corrected chi connectivity index (χ0v) is 10.6. The standard InChI is InChI=1S/C13H13N3O3/c1-8-4-3-5-11(9(8)2)15-13(17)12-6-10(7-14-12)16(18)19/h3-7,14H,1-2H3,(H,15,17). The Bertz CT molecular complexity index is 646. The fraction of sp³-hybridized carbons (Fsp3) is 0.154. The van der Waals surface area contributed by atoms with E-state index in [0.29, 0.717) is 5.69 Å². The van der Waals surface area contributed by atoms with Gasteiger partial charge in [-0.25, -0.2) is 0 Å². The number of benzene rings is 1. The van der Waals surface area contributed by atoms with Gasteiger partial charge in [-0.2, -0.15) is 0 Å². The molecule has 19 heavy (non-hydrogen) atoms. The van der Waals surface area contributed by atoms with Crippen molar-refractivity contribution in [3.63, 3.8) is 0 Å². The molecule has 1 heterocycles. The van der Waals surface area contributed by atoms with E-state index in [4.69, 9.17) is 0 Å². The number of hydrogen-bond donors (Lipinski definition) is 2. The van der Waals surface area contributed by atoms with Gasteiger partial charge in [0.25, 0.3) is 11.6 Å². The van der Waals surface area contributed by atoms with Crippen LogP contribution in [0.2, 0.25) is 0 Å². The van der Waals surface area contributed by atoms with Crippen molar-refractivity contribution >= 4 is 17.3 Å². The molecule has 1 aromatic carbocycles. The van der Waals surface area contributed by atoms with E-state index < -0.39 is 10.8 Å². The van der Waals surface area contributed by atoms with E-state index in [-0.39, 0.29) is 11.4 Å². The van der Waals surface area contributed by atoms with Gasteiger partial charge in [-0.15, -0.1) is 0 Å². The first-order chi connectivity index (χ1) is 8.99. The molecule has 0 bridgehead atoms. The number of nitrogens with zero attached hydrogens (tertiary/aromatic N) is 1. The van der Waals surface area contributed by atoms with Gasteiger partial charge in [-0.05, 0) is 31.0 Å². The van der Waals surface area contributed by atoms with Crippen LogP contribution in [0.1, 0.15) is 21.6 Å².